The number of hydrogen-bond donors (Lipinski definition) is 1. The summed E-state index contributed by atoms with van der Waals surface area (Å²) in [6.45, 7) is 1.85. The molecule has 0 aliphatic rings. The third-order valence-electron chi connectivity index (χ3n) is 1.05. The van der Waals surface area contributed by atoms with Crippen LogP contribution in [-0.4, -0.2) is 21.2 Å². The lowest BCUT2D eigenvalue weighted by atomic mass is 10.5. The van der Waals surface area contributed by atoms with Crippen molar-refractivity contribution >= 4 is 11.8 Å². The first-order chi connectivity index (χ1) is 5.43. The first-order valence-electron chi connectivity index (χ1n) is 3.31. The number of aromatic nitrogens is 3. The SMILES string of the molecule is CC#CCCSc1cn[nH]n1. The maximum atomic E-state index is 3.89. The van der Waals surface area contributed by atoms with Crippen molar-refractivity contribution in [3.05, 3.63) is 6.20 Å². The maximum Gasteiger partial charge on any atom is 0.138 e. The van der Waals surface area contributed by atoms with E-state index in [1.54, 1.807) is 18.0 Å². The zero-order valence-corrected chi connectivity index (χ0v) is 7.11. The van der Waals surface area contributed by atoms with Crippen LogP contribution in [0.5, 0.6) is 0 Å². The van der Waals surface area contributed by atoms with Gasteiger partial charge in [-0.15, -0.1) is 28.7 Å². The third kappa shape index (κ3) is 3.10. The zero-order valence-electron chi connectivity index (χ0n) is 6.29. The van der Waals surface area contributed by atoms with E-state index < -0.39 is 0 Å². The molecule has 1 aromatic rings. The molecule has 0 spiro atoms. The number of rotatable bonds is 3. The van der Waals surface area contributed by atoms with Gasteiger partial charge >= 0.3 is 0 Å². The minimum absolute atomic E-state index is 0.911. The van der Waals surface area contributed by atoms with E-state index in [4.69, 9.17) is 0 Å². The Labute approximate surface area is 70.0 Å². The molecular formula is C7H9N3S. The van der Waals surface area contributed by atoms with Gasteiger partial charge in [-0.3, -0.25) is 0 Å². The van der Waals surface area contributed by atoms with Gasteiger partial charge in [-0.05, 0) is 6.92 Å². The van der Waals surface area contributed by atoms with Crippen LogP contribution < -0.4 is 0 Å². The lowest BCUT2D eigenvalue weighted by Gasteiger charge is -1.88. The number of aromatic amines is 1. The molecule has 0 amide bonds. The largest absolute Gasteiger partial charge is 0.197 e. The highest BCUT2D eigenvalue weighted by Gasteiger charge is 1.93. The molecule has 0 fully saturated rings. The molecule has 1 rings (SSSR count). The summed E-state index contributed by atoms with van der Waals surface area (Å²) < 4.78 is 0. The van der Waals surface area contributed by atoms with Gasteiger partial charge in [0.1, 0.15) is 5.03 Å². The molecule has 1 N–H and O–H groups in total. The van der Waals surface area contributed by atoms with E-state index in [0.717, 1.165) is 17.2 Å². The number of H-pyrrole nitrogens is 1. The smallest absolute Gasteiger partial charge is 0.138 e. The van der Waals surface area contributed by atoms with Gasteiger partial charge in [0.25, 0.3) is 0 Å². The van der Waals surface area contributed by atoms with Crippen molar-refractivity contribution in [3.8, 4) is 11.8 Å². The molecule has 0 aromatic carbocycles. The minimum atomic E-state index is 0.911. The second kappa shape index (κ2) is 4.80. The van der Waals surface area contributed by atoms with E-state index in [2.05, 4.69) is 27.3 Å². The molecule has 58 valence electrons. The molecule has 0 saturated heterocycles. The van der Waals surface area contributed by atoms with E-state index in [-0.39, 0.29) is 0 Å². The summed E-state index contributed by atoms with van der Waals surface area (Å²) in [5.41, 5.74) is 0. The highest BCUT2D eigenvalue weighted by Crippen LogP contribution is 2.12. The van der Waals surface area contributed by atoms with Gasteiger partial charge in [0.15, 0.2) is 0 Å². The van der Waals surface area contributed by atoms with Gasteiger partial charge in [-0.1, -0.05) is 0 Å². The van der Waals surface area contributed by atoms with E-state index >= 15 is 0 Å². The van der Waals surface area contributed by atoms with Crippen LogP contribution in [-0.2, 0) is 0 Å². The molecule has 0 bridgehead atoms. The van der Waals surface area contributed by atoms with Crippen molar-refractivity contribution in [2.75, 3.05) is 5.75 Å². The summed E-state index contributed by atoms with van der Waals surface area (Å²) in [7, 11) is 0. The van der Waals surface area contributed by atoms with Crippen LogP contribution in [0.2, 0.25) is 0 Å². The molecular weight excluding hydrogens is 158 g/mol. The summed E-state index contributed by atoms with van der Waals surface area (Å²) in [4.78, 5) is 0. The molecule has 11 heavy (non-hydrogen) atoms. The van der Waals surface area contributed by atoms with E-state index in [1.807, 2.05) is 6.92 Å². The highest BCUT2D eigenvalue weighted by molar-refractivity contribution is 7.99. The van der Waals surface area contributed by atoms with Gasteiger partial charge in [0.2, 0.25) is 0 Å². The predicted molar refractivity (Wildman–Crippen MR) is 45.2 cm³/mol. The fourth-order valence-electron chi connectivity index (χ4n) is 0.592. The molecule has 4 heteroatoms. The van der Waals surface area contributed by atoms with Crippen molar-refractivity contribution < 1.29 is 0 Å². The maximum absolute atomic E-state index is 3.89. The van der Waals surface area contributed by atoms with Crippen molar-refractivity contribution in [3.63, 3.8) is 0 Å². The first kappa shape index (κ1) is 8.15. The van der Waals surface area contributed by atoms with Crippen molar-refractivity contribution in [2.24, 2.45) is 0 Å². The Balaban J connectivity index is 2.17. The van der Waals surface area contributed by atoms with E-state index in [1.165, 1.54) is 0 Å². The molecule has 0 aliphatic heterocycles. The van der Waals surface area contributed by atoms with Crippen LogP contribution in [0.3, 0.4) is 0 Å². The lowest BCUT2D eigenvalue weighted by Crippen LogP contribution is -1.76. The van der Waals surface area contributed by atoms with Crippen molar-refractivity contribution in [1.29, 1.82) is 0 Å². The molecule has 0 unspecified atom stereocenters. The van der Waals surface area contributed by atoms with Crippen LogP contribution in [0.25, 0.3) is 0 Å². The highest BCUT2D eigenvalue weighted by atomic mass is 32.2. The zero-order chi connectivity index (χ0) is 7.94. The molecule has 0 saturated carbocycles. The monoisotopic (exact) mass is 167 g/mol. The molecule has 0 atom stereocenters. The number of nitrogens with zero attached hydrogens (tertiary/aromatic N) is 2. The third-order valence-corrected chi connectivity index (χ3v) is 1.95. The Morgan fingerprint density at radius 3 is 3.27 bits per heavy atom. The second-order valence-electron chi connectivity index (χ2n) is 1.83. The van der Waals surface area contributed by atoms with Crippen molar-refractivity contribution in [1.82, 2.24) is 15.4 Å². The van der Waals surface area contributed by atoms with Gasteiger partial charge in [0, 0.05) is 12.2 Å². The van der Waals surface area contributed by atoms with E-state index in [9.17, 15) is 0 Å². The fraction of sp³-hybridized carbons (Fsp3) is 0.429. The minimum Gasteiger partial charge on any atom is -0.197 e. The van der Waals surface area contributed by atoms with Crippen LogP contribution in [0.1, 0.15) is 13.3 Å². The summed E-state index contributed by atoms with van der Waals surface area (Å²) in [6, 6.07) is 0. The summed E-state index contributed by atoms with van der Waals surface area (Å²) in [5, 5.41) is 11.1. The standard InChI is InChI=1S/C7H9N3S/c1-2-3-4-5-11-7-6-8-10-9-7/h6H,4-5H2,1H3,(H,8,9,10). The average Bonchev–Trinajstić information content (AvgIpc) is 2.50. The van der Waals surface area contributed by atoms with Gasteiger partial charge in [-0.2, -0.15) is 10.3 Å². The van der Waals surface area contributed by atoms with Crippen LogP contribution in [0.15, 0.2) is 11.2 Å². The van der Waals surface area contributed by atoms with Gasteiger partial charge < -0.3 is 0 Å². The Hall–Kier alpha value is -0.950. The molecule has 0 radical (unpaired) electrons. The van der Waals surface area contributed by atoms with E-state index in [0.29, 0.717) is 0 Å². The molecule has 1 heterocycles. The number of hydrogen-bond acceptors (Lipinski definition) is 3. The Morgan fingerprint density at radius 1 is 1.73 bits per heavy atom. The number of nitrogens with one attached hydrogen (secondary N) is 1. The topological polar surface area (TPSA) is 41.6 Å². The summed E-state index contributed by atoms with van der Waals surface area (Å²) >= 11 is 1.66. The van der Waals surface area contributed by atoms with Crippen LogP contribution in [0.4, 0.5) is 0 Å². The van der Waals surface area contributed by atoms with Crippen molar-refractivity contribution in [2.45, 2.75) is 18.4 Å². The molecule has 1 aromatic heterocycles. The Bertz CT molecular complexity index is 244. The normalized spacial score (nSPS) is 8.82. The Kier molecular flexibility index (Phi) is 3.56. The van der Waals surface area contributed by atoms with Gasteiger partial charge in [-0.25, -0.2) is 0 Å². The number of thioether (sulfide) groups is 1. The fourth-order valence-corrected chi connectivity index (χ4v) is 1.24. The lowest BCUT2D eigenvalue weighted by molar-refractivity contribution is 0.911. The predicted octanol–water partition coefficient (Wildman–Crippen LogP) is 1.31. The average molecular weight is 167 g/mol. The van der Waals surface area contributed by atoms with Crippen LogP contribution >= 0.6 is 11.8 Å². The Morgan fingerprint density at radius 2 is 2.64 bits per heavy atom. The molecule has 0 aliphatic carbocycles. The quantitative estimate of drug-likeness (QED) is 0.419. The second-order valence-corrected chi connectivity index (χ2v) is 2.95. The molecule has 3 nitrogen and oxygen atoms in total. The summed E-state index contributed by atoms with van der Waals surface area (Å²) in [6.07, 6.45) is 2.62. The van der Waals surface area contributed by atoms with Crippen LogP contribution in [0, 0.1) is 11.8 Å². The first-order valence-corrected chi connectivity index (χ1v) is 4.30. The van der Waals surface area contributed by atoms with Gasteiger partial charge in [0.05, 0.1) is 6.20 Å². The summed E-state index contributed by atoms with van der Waals surface area (Å²) in [5.74, 6) is 6.80.